The molecule has 0 saturated heterocycles. The second kappa shape index (κ2) is 4.38. The molecule has 0 aliphatic carbocycles. The molecule has 98 valence electrons. The molecule has 3 nitrogen and oxygen atoms in total. The molecule has 0 aliphatic heterocycles. The highest BCUT2D eigenvalue weighted by molar-refractivity contribution is 7.17. The Balaban J connectivity index is 2.29. The number of ether oxygens (including phenoxy) is 1. The van der Waals surface area contributed by atoms with Gasteiger partial charge in [0.1, 0.15) is 5.75 Å². The number of imidazole rings is 1. The molecule has 3 rings (SSSR count). The monoisotopic (exact) mass is 272 g/mol. The van der Waals surface area contributed by atoms with Crippen molar-refractivity contribution in [2.45, 2.75) is 20.8 Å². The molecule has 1 aromatic carbocycles. The van der Waals surface area contributed by atoms with Gasteiger partial charge in [-0.1, -0.05) is 0 Å². The molecule has 19 heavy (non-hydrogen) atoms. The van der Waals surface area contributed by atoms with E-state index in [9.17, 15) is 0 Å². The van der Waals surface area contributed by atoms with Crippen LogP contribution >= 0.6 is 11.3 Å². The number of benzene rings is 1. The van der Waals surface area contributed by atoms with Gasteiger partial charge >= 0.3 is 0 Å². The Morgan fingerprint density at radius 3 is 2.68 bits per heavy atom. The lowest BCUT2D eigenvalue weighted by molar-refractivity contribution is 0.411. The Kier molecular flexibility index (Phi) is 2.82. The first kappa shape index (κ1) is 12.2. The van der Waals surface area contributed by atoms with E-state index in [-0.39, 0.29) is 0 Å². The SMILES string of the molecule is COc1cc(C)c(-c2c(C)sc3nccn23)cc1C. The van der Waals surface area contributed by atoms with Gasteiger partial charge in [-0.15, -0.1) is 11.3 Å². The average Bonchev–Trinajstić information content (AvgIpc) is 2.92. The van der Waals surface area contributed by atoms with Gasteiger partial charge in [-0.05, 0) is 44.0 Å². The fourth-order valence-electron chi connectivity index (χ4n) is 2.47. The van der Waals surface area contributed by atoms with Crippen LogP contribution in [0.1, 0.15) is 16.0 Å². The molecule has 3 aromatic rings. The number of aryl methyl sites for hydroxylation is 3. The molecule has 0 aliphatic rings. The van der Waals surface area contributed by atoms with E-state index in [1.807, 2.05) is 12.4 Å². The number of hydrogen-bond donors (Lipinski definition) is 0. The fourth-order valence-corrected chi connectivity index (χ4v) is 3.42. The van der Waals surface area contributed by atoms with Crippen LogP contribution in [0.15, 0.2) is 24.5 Å². The molecule has 0 fully saturated rings. The van der Waals surface area contributed by atoms with Crippen molar-refractivity contribution in [3.8, 4) is 17.0 Å². The third-order valence-corrected chi connectivity index (χ3v) is 4.41. The highest BCUT2D eigenvalue weighted by atomic mass is 32.1. The van der Waals surface area contributed by atoms with Crippen molar-refractivity contribution in [2.24, 2.45) is 0 Å². The van der Waals surface area contributed by atoms with Crippen LogP contribution in [0.25, 0.3) is 16.2 Å². The van der Waals surface area contributed by atoms with Gasteiger partial charge < -0.3 is 4.74 Å². The largest absolute Gasteiger partial charge is 0.496 e. The number of nitrogens with zero attached hydrogens (tertiary/aromatic N) is 2. The highest BCUT2D eigenvalue weighted by Crippen LogP contribution is 2.35. The number of rotatable bonds is 2. The summed E-state index contributed by atoms with van der Waals surface area (Å²) in [6.07, 6.45) is 3.87. The number of methoxy groups -OCH3 is 1. The zero-order valence-corrected chi connectivity index (χ0v) is 12.3. The van der Waals surface area contributed by atoms with Crippen molar-refractivity contribution >= 4 is 16.3 Å². The molecule has 0 spiro atoms. The first-order valence-electron chi connectivity index (χ1n) is 6.20. The van der Waals surface area contributed by atoms with Crippen LogP contribution in [0.5, 0.6) is 5.75 Å². The predicted octanol–water partition coefficient (Wildman–Crippen LogP) is 4.00. The standard InChI is InChI=1S/C15H16N2OS/c1-9-8-13(18-4)10(2)7-12(9)14-11(3)19-15-16-5-6-17(14)15/h5-8H,1-4H3. The molecule has 0 saturated carbocycles. The van der Waals surface area contributed by atoms with Crippen LogP contribution in [0.3, 0.4) is 0 Å². The van der Waals surface area contributed by atoms with E-state index in [4.69, 9.17) is 4.74 Å². The van der Waals surface area contributed by atoms with Crippen LogP contribution in [0.2, 0.25) is 0 Å². The molecule has 4 heteroatoms. The van der Waals surface area contributed by atoms with Crippen molar-refractivity contribution in [3.05, 3.63) is 40.5 Å². The van der Waals surface area contributed by atoms with Crippen LogP contribution in [-0.4, -0.2) is 16.5 Å². The molecule has 0 amide bonds. The topological polar surface area (TPSA) is 26.5 Å². The minimum Gasteiger partial charge on any atom is -0.496 e. The summed E-state index contributed by atoms with van der Waals surface area (Å²) in [5.41, 5.74) is 4.86. The Bertz CT molecular complexity index is 755. The third-order valence-electron chi connectivity index (χ3n) is 3.42. The van der Waals surface area contributed by atoms with Gasteiger partial charge in [0.2, 0.25) is 0 Å². The summed E-state index contributed by atoms with van der Waals surface area (Å²) in [7, 11) is 1.71. The van der Waals surface area contributed by atoms with Gasteiger partial charge in [0, 0.05) is 22.8 Å². The zero-order chi connectivity index (χ0) is 13.6. The van der Waals surface area contributed by atoms with Crippen molar-refractivity contribution in [2.75, 3.05) is 7.11 Å². The van der Waals surface area contributed by atoms with Crippen molar-refractivity contribution < 1.29 is 4.74 Å². The summed E-state index contributed by atoms with van der Waals surface area (Å²) in [5, 5.41) is 0. The zero-order valence-electron chi connectivity index (χ0n) is 11.5. The fraction of sp³-hybridized carbons (Fsp3) is 0.267. The summed E-state index contributed by atoms with van der Waals surface area (Å²) >= 11 is 1.73. The van der Waals surface area contributed by atoms with Crippen LogP contribution in [0.4, 0.5) is 0 Å². The Morgan fingerprint density at radius 1 is 1.16 bits per heavy atom. The average molecular weight is 272 g/mol. The van der Waals surface area contributed by atoms with Crippen LogP contribution in [-0.2, 0) is 0 Å². The Labute approximate surface area is 116 Å². The normalized spacial score (nSPS) is 11.2. The van der Waals surface area contributed by atoms with Gasteiger partial charge in [-0.2, -0.15) is 0 Å². The lowest BCUT2D eigenvalue weighted by Crippen LogP contribution is -1.94. The second-order valence-corrected chi connectivity index (χ2v) is 5.91. The van der Waals surface area contributed by atoms with Crippen molar-refractivity contribution in [3.63, 3.8) is 0 Å². The van der Waals surface area contributed by atoms with E-state index in [2.05, 4.69) is 42.3 Å². The minimum absolute atomic E-state index is 0.941. The van der Waals surface area contributed by atoms with Crippen LogP contribution < -0.4 is 4.74 Å². The van der Waals surface area contributed by atoms with E-state index < -0.39 is 0 Å². The lowest BCUT2D eigenvalue weighted by atomic mass is 10.0. The highest BCUT2D eigenvalue weighted by Gasteiger charge is 2.15. The number of aromatic nitrogens is 2. The van der Waals surface area contributed by atoms with Crippen LogP contribution in [0, 0.1) is 20.8 Å². The Morgan fingerprint density at radius 2 is 1.95 bits per heavy atom. The maximum Gasteiger partial charge on any atom is 0.194 e. The summed E-state index contributed by atoms with van der Waals surface area (Å²) in [5.74, 6) is 0.941. The first-order chi connectivity index (χ1) is 9.11. The van der Waals surface area contributed by atoms with E-state index in [0.29, 0.717) is 0 Å². The summed E-state index contributed by atoms with van der Waals surface area (Å²) in [4.78, 5) is 6.70. The molecule has 2 aromatic heterocycles. The van der Waals surface area contributed by atoms with E-state index in [1.165, 1.54) is 21.7 Å². The predicted molar refractivity (Wildman–Crippen MR) is 79.3 cm³/mol. The quantitative estimate of drug-likeness (QED) is 0.705. The molecule has 2 heterocycles. The molecule has 0 radical (unpaired) electrons. The number of hydrogen-bond acceptors (Lipinski definition) is 3. The van der Waals surface area contributed by atoms with Gasteiger partial charge in [-0.3, -0.25) is 4.40 Å². The summed E-state index contributed by atoms with van der Waals surface area (Å²) in [6.45, 7) is 6.35. The number of thiazole rings is 1. The first-order valence-corrected chi connectivity index (χ1v) is 7.01. The molecule has 0 unspecified atom stereocenters. The number of fused-ring (bicyclic) bond motifs is 1. The second-order valence-electron chi connectivity index (χ2n) is 4.72. The van der Waals surface area contributed by atoms with Gasteiger partial charge in [0.05, 0.1) is 12.8 Å². The smallest absolute Gasteiger partial charge is 0.194 e. The molecular formula is C15H16N2OS. The van der Waals surface area contributed by atoms with Gasteiger partial charge in [-0.25, -0.2) is 4.98 Å². The maximum absolute atomic E-state index is 5.38. The molecular weight excluding hydrogens is 256 g/mol. The van der Waals surface area contributed by atoms with Crippen molar-refractivity contribution in [1.29, 1.82) is 0 Å². The minimum atomic E-state index is 0.941. The maximum atomic E-state index is 5.38. The molecule has 0 N–H and O–H groups in total. The molecule has 0 bridgehead atoms. The van der Waals surface area contributed by atoms with Crippen molar-refractivity contribution in [1.82, 2.24) is 9.38 Å². The third kappa shape index (κ3) is 1.83. The van der Waals surface area contributed by atoms with Gasteiger partial charge in [0.25, 0.3) is 0 Å². The van der Waals surface area contributed by atoms with E-state index in [1.54, 1.807) is 18.4 Å². The Hall–Kier alpha value is -1.81. The summed E-state index contributed by atoms with van der Waals surface area (Å²) in [6, 6.07) is 4.30. The summed E-state index contributed by atoms with van der Waals surface area (Å²) < 4.78 is 7.55. The molecule has 0 atom stereocenters. The van der Waals surface area contributed by atoms with Gasteiger partial charge in [0.15, 0.2) is 4.96 Å². The van der Waals surface area contributed by atoms with E-state index >= 15 is 0 Å². The lowest BCUT2D eigenvalue weighted by Gasteiger charge is -2.11. The van der Waals surface area contributed by atoms with E-state index in [0.717, 1.165) is 16.3 Å².